The van der Waals surface area contributed by atoms with E-state index in [1.807, 2.05) is 0 Å². The molecule has 1 aliphatic rings. The number of hydrogen-bond donors (Lipinski definition) is 2. The summed E-state index contributed by atoms with van der Waals surface area (Å²) >= 11 is 0. The Balaban J connectivity index is 2.73. The third-order valence-corrected chi connectivity index (χ3v) is 3.82. The first-order chi connectivity index (χ1) is 6.60. The van der Waals surface area contributed by atoms with Gasteiger partial charge in [0, 0.05) is 5.92 Å². The summed E-state index contributed by atoms with van der Waals surface area (Å²) in [5, 5.41) is 9.96. The van der Waals surface area contributed by atoms with Gasteiger partial charge in [0.05, 0.1) is 12.1 Å². The molecule has 1 aliphatic heterocycles. The molecular weight excluding hydrogens is 186 g/mol. The van der Waals surface area contributed by atoms with E-state index in [1.165, 1.54) is 6.54 Å². The molecule has 0 spiro atoms. The Bertz CT molecular complexity index is 190. The summed E-state index contributed by atoms with van der Waals surface area (Å²) < 4.78 is 0. The first-order valence-electron chi connectivity index (χ1n) is 6.14. The molecule has 1 heterocycles. The van der Waals surface area contributed by atoms with Crippen LogP contribution in [0.1, 0.15) is 48.0 Å². The van der Waals surface area contributed by atoms with E-state index in [2.05, 4.69) is 41.5 Å². The van der Waals surface area contributed by atoms with Crippen LogP contribution in [0.15, 0.2) is 0 Å². The van der Waals surface area contributed by atoms with Gasteiger partial charge >= 0.3 is 0 Å². The first-order valence-corrected chi connectivity index (χ1v) is 6.14. The van der Waals surface area contributed by atoms with Crippen LogP contribution in [-0.4, -0.2) is 29.8 Å². The summed E-state index contributed by atoms with van der Waals surface area (Å²) in [6.45, 7) is 15.8. The lowest BCUT2D eigenvalue weighted by Gasteiger charge is -2.44. The van der Waals surface area contributed by atoms with E-state index < -0.39 is 0 Å². The molecule has 0 aromatic heterocycles. The Kier molecular flexibility index (Phi) is 3.52. The van der Waals surface area contributed by atoms with Gasteiger partial charge in [-0.2, -0.15) is 0 Å². The standard InChI is InChI=1S/C13H27NO/c1-12(2,3)10-7-11(15)9-14(8-10)13(4,5)6/h10-11,15H,7-9H2,1-6H3/p+1/t10-,11-/m1/s1. The second-order valence-corrected chi connectivity index (χ2v) is 7.21. The minimum absolute atomic E-state index is 0.114. The van der Waals surface area contributed by atoms with Crippen molar-refractivity contribution in [2.45, 2.75) is 59.6 Å². The Morgan fingerprint density at radius 2 is 1.53 bits per heavy atom. The highest BCUT2D eigenvalue weighted by Crippen LogP contribution is 2.30. The number of rotatable bonds is 0. The maximum atomic E-state index is 9.96. The van der Waals surface area contributed by atoms with Crippen molar-refractivity contribution in [3.63, 3.8) is 0 Å². The van der Waals surface area contributed by atoms with Crippen molar-refractivity contribution in [1.29, 1.82) is 0 Å². The highest BCUT2D eigenvalue weighted by molar-refractivity contribution is 4.80. The summed E-state index contributed by atoms with van der Waals surface area (Å²) in [6.07, 6.45) is 0.862. The molecule has 90 valence electrons. The molecule has 0 aromatic rings. The zero-order valence-corrected chi connectivity index (χ0v) is 11.2. The van der Waals surface area contributed by atoms with Crippen LogP contribution in [-0.2, 0) is 0 Å². The van der Waals surface area contributed by atoms with Crippen molar-refractivity contribution in [2.24, 2.45) is 11.3 Å². The molecule has 0 aliphatic carbocycles. The molecule has 1 rings (SSSR count). The number of nitrogens with one attached hydrogen (secondary N) is 1. The van der Waals surface area contributed by atoms with Crippen LogP contribution < -0.4 is 4.90 Å². The number of piperidine rings is 1. The van der Waals surface area contributed by atoms with E-state index in [-0.39, 0.29) is 11.6 Å². The van der Waals surface area contributed by atoms with Gasteiger partial charge in [-0.15, -0.1) is 0 Å². The lowest BCUT2D eigenvalue weighted by molar-refractivity contribution is -0.958. The van der Waals surface area contributed by atoms with Gasteiger partial charge in [-0.1, -0.05) is 20.8 Å². The fourth-order valence-corrected chi connectivity index (χ4v) is 2.43. The average Bonchev–Trinajstić information content (AvgIpc) is 1.99. The molecule has 3 atom stereocenters. The summed E-state index contributed by atoms with van der Waals surface area (Å²) in [6, 6.07) is 0. The summed E-state index contributed by atoms with van der Waals surface area (Å²) in [5.41, 5.74) is 0.572. The molecule has 2 N–H and O–H groups in total. The zero-order valence-electron chi connectivity index (χ0n) is 11.2. The lowest BCUT2D eigenvalue weighted by Crippen LogP contribution is -3.21. The van der Waals surface area contributed by atoms with Crippen molar-refractivity contribution in [2.75, 3.05) is 13.1 Å². The predicted octanol–water partition coefficient (Wildman–Crippen LogP) is 1.10. The van der Waals surface area contributed by atoms with Crippen LogP contribution in [0.4, 0.5) is 0 Å². The third kappa shape index (κ3) is 3.46. The Morgan fingerprint density at radius 1 is 1.00 bits per heavy atom. The maximum Gasteiger partial charge on any atom is 0.104 e. The van der Waals surface area contributed by atoms with Gasteiger partial charge in [-0.05, 0) is 32.6 Å². The van der Waals surface area contributed by atoms with Crippen molar-refractivity contribution in [3.8, 4) is 0 Å². The number of aliphatic hydroxyl groups excluding tert-OH is 1. The van der Waals surface area contributed by atoms with Crippen molar-refractivity contribution in [3.05, 3.63) is 0 Å². The van der Waals surface area contributed by atoms with Crippen LogP contribution in [0.3, 0.4) is 0 Å². The quantitative estimate of drug-likeness (QED) is 0.620. The molecule has 15 heavy (non-hydrogen) atoms. The monoisotopic (exact) mass is 214 g/mol. The van der Waals surface area contributed by atoms with Gasteiger partial charge in [0.2, 0.25) is 0 Å². The van der Waals surface area contributed by atoms with Crippen molar-refractivity contribution < 1.29 is 10.0 Å². The van der Waals surface area contributed by atoms with E-state index in [0.29, 0.717) is 11.3 Å². The number of quaternary nitrogens is 1. The third-order valence-electron chi connectivity index (χ3n) is 3.82. The van der Waals surface area contributed by atoms with E-state index in [0.717, 1.165) is 13.0 Å². The highest BCUT2D eigenvalue weighted by atomic mass is 16.3. The molecule has 0 bridgehead atoms. The largest absolute Gasteiger partial charge is 0.387 e. The minimum atomic E-state index is -0.114. The zero-order chi connectivity index (χ0) is 11.9. The molecule has 2 heteroatoms. The number of hydrogen-bond acceptors (Lipinski definition) is 1. The van der Waals surface area contributed by atoms with E-state index in [4.69, 9.17) is 0 Å². The SMILES string of the molecule is CC(C)(C)[C@@H]1C[C@@H](O)C[NH+](C(C)(C)C)C1. The number of likely N-dealkylation sites (tertiary alicyclic amines) is 1. The molecule has 0 amide bonds. The molecule has 2 nitrogen and oxygen atoms in total. The van der Waals surface area contributed by atoms with Crippen LogP contribution in [0.2, 0.25) is 0 Å². The highest BCUT2D eigenvalue weighted by Gasteiger charge is 2.40. The molecule has 1 unspecified atom stereocenters. The minimum Gasteiger partial charge on any atom is -0.387 e. The molecule has 0 saturated carbocycles. The predicted molar refractivity (Wildman–Crippen MR) is 64.0 cm³/mol. The topological polar surface area (TPSA) is 24.7 Å². The molecule has 1 fully saturated rings. The van der Waals surface area contributed by atoms with Crippen LogP contribution >= 0.6 is 0 Å². The summed E-state index contributed by atoms with van der Waals surface area (Å²) in [5.74, 6) is 0.635. The fourth-order valence-electron chi connectivity index (χ4n) is 2.43. The Hall–Kier alpha value is -0.0800. The fraction of sp³-hybridized carbons (Fsp3) is 1.00. The molecular formula is C13H28NO+. The van der Waals surface area contributed by atoms with Gasteiger partial charge in [-0.3, -0.25) is 0 Å². The van der Waals surface area contributed by atoms with E-state index >= 15 is 0 Å². The van der Waals surface area contributed by atoms with Gasteiger partial charge in [0.25, 0.3) is 0 Å². The summed E-state index contributed by atoms with van der Waals surface area (Å²) in [7, 11) is 0. The van der Waals surface area contributed by atoms with Crippen molar-refractivity contribution in [1.82, 2.24) is 0 Å². The van der Waals surface area contributed by atoms with E-state index in [1.54, 1.807) is 4.90 Å². The average molecular weight is 214 g/mol. The lowest BCUT2D eigenvalue weighted by atomic mass is 9.75. The van der Waals surface area contributed by atoms with Gasteiger partial charge in [-0.25, -0.2) is 0 Å². The van der Waals surface area contributed by atoms with Crippen molar-refractivity contribution >= 4 is 0 Å². The van der Waals surface area contributed by atoms with Crippen LogP contribution in [0.5, 0.6) is 0 Å². The molecule has 0 aromatic carbocycles. The second kappa shape index (κ2) is 4.06. The smallest absolute Gasteiger partial charge is 0.104 e. The Labute approximate surface area is 94.7 Å². The number of aliphatic hydroxyl groups is 1. The Morgan fingerprint density at radius 3 is 1.93 bits per heavy atom. The normalized spacial score (nSPS) is 34.2. The first kappa shape index (κ1) is 13.0. The van der Waals surface area contributed by atoms with Crippen LogP contribution in [0, 0.1) is 11.3 Å². The summed E-state index contributed by atoms with van der Waals surface area (Å²) in [4.78, 5) is 1.54. The maximum absolute atomic E-state index is 9.96. The molecule has 0 radical (unpaired) electrons. The van der Waals surface area contributed by atoms with Gasteiger partial charge < -0.3 is 10.0 Å². The second-order valence-electron chi connectivity index (χ2n) is 7.21. The van der Waals surface area contributed by atoms with E-state index in [9.17, 15) is 5.11 Å². The van der Waals surface area contributed by atoms with Gasteiger partial charge in [0.1, 0.15) is 12.6 Å². The van der Waals surface area contributed by atoms with Gasteiger partial charge in [0.15, 0.2) is 0 Å². The molecule has 1 saturated heterocycles. The van der Waals surface area contributed by atoms with Crippen LogP contribution in [0.25, 0.3) is 0 Å².